The Morgan fingerprint density at radius 2 is 2.00 bits per heavy atom. The van der Waals surface area contributed by atoms with Crippen LogP contribution in [-0.4, -0.2) is 13.2 Å². The Hall–Kier alpha value is -1.23. The molecule has 1 atom stereocenters. The number of hydrogen-bond donors (Lipinski definition) is 1. The third-order valence-corrected chi connectivity index (χ3v) is 3.09. The lowest BCUT2D eigenvalue weighted by atomic mass is 10.1. The molecule has 0 heterocycles. The van der Waals surface area contributed by atoms with Crippen LogP contribution in [-0.2, 0) is 12.6 Å². The van der Waals surface area contributed by atoms with Crippen molar-refractivity contribution >= 4 is 0 Å². The van der Waals surface area contributed by atoms with Crippen molar-refractivity contribution in [1.82, 2.24) is 0 Å². The van der Waals surface area contributed by atoms with E-state index in [2.05, 4.69) is 0 Å². The number of rotatable bonds is 7. The van der Waals surface area contributed by atoms with E-state index in [1.165, 1.54) is 6.07 Å². The van der Waals surface area contributed by atoms with Gasteiger partial charge in [0, 0.05) is 0 Å². The van der Waals surface area contributed by atoms with Crippen molar-refractivity contribution < 1.29 is 17.9 Å². The zero-order chi connectivity index (χ0) is 15.2. The van der Waals surface area contributed by atoms with E-state index in [0.29, 0.717) is 25.1 Å². The van der Waals surface area contributed by atoms with Crippen LogP contribution >= 0.6 is 0 Å². The maximum absolute atomic E-state index is 13.0. The first-order chi connectivity index (χ1) is 9.38. The fourth-order valence-electron chi connectivity index (χ4n) is 2.05. The van der Waals surface area contributed by atoms with Gasteiger partial charge in [0.1, 0.15) is 5.75 Å². The van der Waals surface area contributed by atoms with E-state index in [4.69, 9.17) is 10.5 Å². The van der Waals surface area contributed by atoms with Gasteiger partial charge in [0.25, 0.3) is 0 Å². The summed E-state index contributed by atoms with van der Waals surface area (Å²) in [5, 5.41) is 0. The predicted molar refractivity (Wildman–Crippen MR) is 73.8 cm³/mol. The molecule has 0 saturated carbocycles. The smallest absolute Gasteiger partial charge is 0.419 e. The van der Waals surface area contributed by atoms with Gasteiger partial charge in [-0.1, -0.05) is 26.3 Å². The summed E-state index contributed by atoms with van der Waals surface area (Å²) in [6.07, 6.45) is -2.05. The van der Waals surface area contributed by atoms with E-state index in [9.17, 15) is 13.2 Å². The standard InChI is InChI=1S/C15H22F3NO/c1-3-4-11(2)10-20-14-6-5-12(7-8-19)9-13(14)15(16,17)18/h5-6,9,11H,3-4,7-8,10,19H2,1-2H3. The number of nitrogens with two attached hydrogens (primary N) is 1. The summed E-state index contributed by atoms with van der Waals surface area (Å²) < 4.78 is 44.4. The Bertz CT molecular complexity index is 418. The summed E-state index contributed by atoms with van der Waals surface area (Å²) in [5.74, 6) is 0.144. The molecule has 0 bridgehead atoms. The van der Waals surface area contributed by atoms with E-state index >= 15 is 0 Å². The van der Waals surface area contributed by atoms with Crippen LogP contribution in [0.1, 0.15) is 37.8 Å². The summed E-state index contributed by atoms with van der Waals surface area (Å²) >= 11 is 0. The highest BCUT2D eigenvalue weighted by Gasteiger charge is 2.34. The lowest BCUT2D eigenvalue weighted by Gasteiger charge is -2.17. The third kappa shape index (κ3) is 5.04. The molecule has 5 heteroatoms. The van der Waals surface area contributed by atoms with Gasteiger partial charge in [-0.15, -0.1) is 0 Å². The minimum absolute atomic E-state index is 0.0961. The van der Waals surface area contributed by atoms with Crippen LogP contribution in [0.25, 0.3) is 0 Å². The highest BCUT2D eigenvalue weighted by Crippen LogP contribution is 2.37. The van der Waals surface area contributed by atoms with Gasteiger partial charge in [0.15, 0.2) is 0 Å². The lowest BCUT2D eigenvalue weighted by molar-refractivity contribution is -0.139. The lowest BCUT2D eigenvalue weighted by Crippen LogP contribution is -2.14. The molecule has 1 unspecified atom stereocenters. The van der Waals surface area contributed by atoms with Gasteiger partial charge in [-0.2, -0.15) is 13.2 Å². The van der Waals surface area contributed by atoms with Gasteiger partial charge in [0.2, 0.25) is 0 Å². The second-order valence-corrected chi connectivity index (χ2v) is 5.07. The monoisotopic (exact) mass is 289 g/mol. The molecule has 1 aromatic rings. The van der Waals surface area contributed by atoms with Gasteiger partial charge in [0.05, 0.1) is 12.2 Å². The Kier molecular flexibility index (Phi) is 6.33. The summed E-state index contributed by atoms with van der Waals surface area (Å²) in [4.78, 5) is 0. The van der Waals surface area contributed by atoms with Crippen LogP contribution in [0.5, 0.6) is 5.75 Å². The van der Waals surface area contributed by atoms with Crippen molar-refractivity contribution in [3.05, 3.63) is 29.3 Å². The zero-order valence-corrected chi connectivity index (χ0v) is 12.0. The third-order valence-electron chi connectivity index (χ3n) is 3.09. The first kappa shape index (κ1) is 16.8. The molecule has 114 valence electrons. The Morgan fingerprint density at radius 1 is 1.30 bits per heavy atom. The Morgan fingerprint density at radius 3 is 2.55 bits per heavy atom. The van der Waals surface area contributed by atoms with Gasteiger partial charge in [-0.05, 0) is 43.0 Å². The van der Waals surface area contributed by atoms with Gasteiger partial charge < -0.3 is 10.5 Å². The highest BCUT2D eigenvalue weighted by atomic mass is 19.4. The van der Waals surface area contributed by atoms with Crippen LogP contribution in [0.4, 0.5) is 13.2 Å². The molecule has 1 rings (SSSR count). The Labute approximate surface area is 118 Å². The van der Waals surface area contributed by atoms with Crippen LogP contribution in [0.15, 0.2) is 18.2 Å². The summed E-state index contributed by atoms with van der Waals surface area (Å²) in [7, 11) is 0. The molecule has 2 nitrogen and oxygen atoms in total. The van der Waals surface area contributed by atoms with Gasteiger partial charge in [-0.3, -0.25) is 0 Å². The summed E-state index contributed by atoms with van der Waals surface area (Å²) in [6.45, 7) is 4.64. The first-order valence-electron chi connectivity index (χ1n) is 6.91. The van der Waals surface area contributed by atoms with E-state index in [1.54, 1.807) is 6.07 Å². The van der Waals surface area contributed by atoms with E-state index in [0.717, 1.165) is 18.9 Å². The van der Waals surface area contributed by atoms with Gasteiger partial charge >= 0.3 is 6.18 Å². The molecule has 2 N–H and O–H groups in total. The SMILES string of the molecule is CCCC(C)COc1ccc(CCN)cc1C(F)(F)F. The molecule has 0 aliphatic rings. The quantitative estimate of drug-likeness (QED) is 0.822. The Balaban J connectivity index is 2.89. The number of benzene rings is 1. The molecule has 0 aliphatic carbocycles. The number of hydrogen-bond acceptors (Lipinski definition) is 2. The average molecular weight is 289 g/mol. The maximum atomic E-state index is 13.0. The summed E-state index contributed by atoms with van der Waals surface area (Å²) in [6, 6.07) is 4.17. The van der Waals surface area contributed by atoms with Crippen molar-refractivity contribution in [2.45, 2.75) is 39.3 Å². The van der Waals surface area contributed by atoms with Crippen molar-refractivity contribution in [2.75, 3.05) is 13.2 Å². The fraction of sp³-hybridized carbons (Fsp3) is 0.600. The fourth-order valence-corrected chi connectivity index (χ4v) is 2.05. The zero-order valence-electron chi connectivity index (χ0n) is 12.0. The van der Waals surface area contributed by atoms with Crippen LogP contribution in [0.3, 0.4) is 0 Å². The van der Waals surface area contributed by atoms with E-state index < -0.39 is 11.7 Å². The molecule has 20 heavy (non-hydrogen) atoms. The molecular weight excluding hydrogens is 267 g/mol. The topological polar surface area (TPSA) is 35.2 Å². The van der Waals surface area contributed by atoms with Crippen molar-refractivity contribution in [3.8, 4) is 5.75 Å². The largest absolute Gasteiger partial charge is 0.493 e. The maximum Gasteiger partial charge on any atom is 0.419 e. The van der Waals surface area contributed by atoms with Crippen molar-refractivity contribution in [2.24, 2.45) is 11.7 Å². The molecule has 0 aliphatic heterocycles. The van der Waals surface area contributed by atoms with E-state index in [-0.39, 0.29) is 11.7 Å². The molecule has 0 aromatic heterocycles. The highest BCUT2D eigenvalue weighted by molar-refractivity contribution is 5.39. The average Bonchev–Trinajstić information content (AvgIpc) is 2.37. The summed E-state index contributed by atoms with van der Waals surface area (Å²) in [5.41, 5.74) is 5.24. The van der Waals surface area contributed by atoms with Crippen LogP contribution < -0.4 is 10.5 Å². The molecule has 0 saturated heterocycles. The second kappa shape index (κ2) is 7.53. The van der Waals surface area contributed by atoms with E-state index in [1.807, 2.05) is 13.8 Å². The van der Waals surface area contributed by atoms with Crippen molar-refractivity contribution in [1.29, 1.82) is 0 Å². The molecule has 0 spiro atoms. The molecule has 1 aromatic carbocycles. The number of halogens is 3. The van der Waals surface area contributed by atoms with Crippen molar-refractivity contribution in [3.63, 3.8) is 0 Å². The minimum atomic E-state index is -4.41. The molecule has 0 radical (unpaired) electrons. The normalized spacial score (nSPS) is 13.3. The minimum Gasteiger partial charge on any atom is -0.493 e. The number of ether oxygens (including phenoxy) is 1. The first-order valence-corrected chi connectivity index (χ1v) is 6.91. The number of alkyl halides is 3. The molecule has 0 amide bonds. The second-order valence-electron chi connectivity index (χ2n) is 5.07. The molecular formula is C15H22F3NO. The van der Waals surface area contributed by atoms with Crippen LogP contribution in [0, 0.1) is 5.92 Å². The van der Waals surface area contributed by atoms with Gasteiger partial charge in [-0.25, -0.2) is 0 Å². The van der Waals surface area contributed by atoms with Crippen LogP contribution in [0.2, 0.25) is 0 Å². The predicted octanol–water partition coefficient (Wildman–Crippen LogP) is 4.02. The molecule has 0 fully saturated rings.